The van der Waals surface area contributed by atoms with Crippen LogP contribution in [-0.4, -0.2) is 17.6 Å². The van der Waals surface area contributed by atoms with E-state index in [2.05, 4.69) is 22.6 Å². The summed E-state index contributed by atoms with van der Waals surface area (Å²) in [4.78, 5) is 12.0. The van der Waals surface area contributed by atoms with E-state index < -0.39 is 0 Å². The van der Waals surface area contributed by atoms with Crippen LogP contribution in [0.25, 0.3) is 0 Å². The van der Waals surface area contributed by atoms with E-state index >= 15 is 0 Å². The van der Waals surface area contributed by atoms with E-state index in [0.717, 1.165) is 17.9 Å². The number of carbonyl (C=O) groups is 1. The minimum Gasteiger partial charge on any atom is -0.361 e. The first-order chi connectivity index (χ1) is 9.74. The zero-order valence-corrected chi connectivity index (χ0v) is 11.5. The van der Waals surface area contributed by atoms with Crippen molar-refractivity contribution in [2.45, 2.75) is 25.7 Å². The quantitative estimate of drug-likeness (QED) is 0.908. The van der Waals surface area contributed by atoms with Crippen LogP contribution in [0, 0.1) is 12.8 Å². The fraction of sp³-hybridized carbons (Fsp3) is 0.375. The van der Waals surface area contributed by atoms with Crippen LogP contribution in [0.1, 0.15) is 29.4 Å². The molecule has 1 saturated carbocycles. The zero-order valence-electron chi connectivity index (χ0n) is 11.5. The Balaban J connectivity index is 1.45. The molecule has 0 spiro atoms. The van der Waals surface area contributed by atoms with Gasteiger partial charge in [0.1, 0.15) is 5.76 Å². The van der Waals surface area contributed by atoms with E-state index in [-0.39, 0.29) is 11.8 Å². The monoisotopic (exact) mass is 270 g/mol. The van der Waals surface area contributed by atoms with Crippen LogP contribution in [0.5, 0.6) is 0 Å². The minimum absolute atomic E-state index is 0.136. The summed E-state index contributed by atoms with van der Waals surface area (Å²) >= 11 is 0. The van der Waals surface area contributed by atoms with Gasteiger partial charge in [-0.2, -0.15) is 0 Å². The van der Waals surface area contributed by atoms with Crippen molar-refractivity contribution in [2.75, 3.05) is 6.54 Å². The van der Waals surface area contributed by atoms with E-state index in [9.17, 15) is 4.79 Å². The van der Waals surface area contributed by atoms with Crippen molar-refractivity contribution < 1.29 is 9.32 Å². The van der Waals surface area contributed by atoms with Gasteiger partial charge in [-0.25, -0.2) is 0 Å². The fourth-order valence-electron chi connectivity index (χ4n) is 2.53. The van der Waals surface area contributed by atoms with E-state index in [0.29, 0.717) is 18.9 Å². The van der Waals surface area contributed by atoms with Crippen molar-refractivity contribution in [2.24, 2.45) is 5.92 Å². The summed E-state index contributed by atoms with van der Waals surface area (Å²) in [7, 11) is 0. The number of rotatable bonds is 5. The van der Waals surface area contributed by atoms with Crippen LogP contribution in [0.4, 0.5) is 0 Å². The van der Waals surface area contributed by atoms with Gasteiger partial charge in [0.2, 0.25) is 5.91 Å². The van der Waals surface area contributed by atoms with Crippen LogP contribution in [-0.2, 0) is 11.2 Å². The highest BCUT2D eigenvalue weighted by Crippen LogP contribution is 2.47. The second-order valence-electron chi connectivity index (χ2n) is 5.33. The lowest BCUT2D eigenvalue weighted by molar-refractivity contribution is -0.122. The molecule has 1 aliphatic carbocycles. The third-order valence-corrected chi connectivity index (χ3v) is 3.71. The van der Waals surface area contributed by atoms with Crippen LogP contribution < -0.4 is 5.32 Å². The molecule has 2 atom stereocenters. The number of aryl methyl sites for hydroxylation is 1. The molecule has 4 heteroatoms. The predicted molar refractivity (Wildman–Crippen MR) is 75.2 cm³/mol. The van der Waals surface area contributed by atoms with Gasteiger partial charge in [0.25, 0.3) is 0 Å². The average molecular weight is 270 g/mol. The summed E-state index contributed by atoms with van der Waals surface area (Å²) in [6.07, 6.45) is 1.67. The molecule has 104 valence electrons. The number of carbonyl (C=O) groups excluding carboxylic acids is 1. The minimum atomic E-state index is 0.136. The zero-order chi connectivity index (χ0) is 13.9. The maximum absolute atomic E-state index is 12.0. The molecule has 2 aromatic rings. The van der Waals surface area contributed by atoms with E-state index in [1.807, 2.05) is 31.2 Å². The molecular weight excluding hydrogens is 252 g/mol. The highest BCUT2D eigenvalue weighted by atomic mass is 16.5. The Morgan fingerprint density at radius 1 is 1.40 bits per heavy atom. The van der Waals surface area contributed by atoms with Crippen molar-refractivity contribution in [1.29, 1.82) is 0 Å². The predicted octanol–water partition coefficient (Wildman–Crippen LogP) is 2.45. The number of amides is 1. The molecule has 1 fully saturated rings. The summed E-state index contributed by atoms with van der Waals surface area (Å²) in [5.74, 6) is 1.48. The number of aromatic nitrogens is 1. The second kappa shape index (κ2) is 5.49. The number of hydrogen-bond donors (Lipinski definition) is 1. The molecule has 4 nitrogen and oxygen atoms in total. The first-order valence-electron chi connectivity index (χ1n) is 6.99. The van der Waals surface area contributed by atoms with Gasteiger partial charge in [-0.05, 0) is 24.8 Å². The topological polar surface area (TPSA) is 55.1 Å². The summed E-state index contributed by atoms with van der Waals surface area (Å²) in [5, 5.41) is 6.89. The van der Waals surface area contributed by atoms with Crippen molar-refractivity contribution in [3.05, 3.63) is 53.4 Å². The van der Waals surface area contributed by atoms with Gasteiger partial charge in [-0.15, -0.1) is 0 Å². The van der Waals surface area contributed by atoms with Crippen molar-refractivity contribution in [1.82, 2.24) is 10.5 Å². The summed E-state index contributed by atoms with van der Waals surface area (Å²) in [5.41, 5.74) is 2.15. The first kappa shape index (κ1) is 12.9. The van der Waals surface area contributed by atoms with Gasteiger partial charge in [0, 0.05) is 24.9 Å². The normalized spacial score (nSPS) is 20.6. The van der Waals surface area contributed by atoms with Gasteiger partial charge in [0.15, 0.2) is 0 Å². The summed E-state index contributed by atoms with van der Waals surface area (Å²) in [6.45, 7) is 2.48. The first-order valence-corrected chi connectivity index (χ1v) is 6.99. The smallest absolute Gasteiger partial charge is 0.223 e. The second-order valence-corrected chi connectivity index (χ2v) is 5.33. The van der Waals surface area contributed by atoms with Crippen molar-refractivity contribution in [3.63, 3.8) is 0 Å². The molecule has 1 aliphatic rings. The molecule has 1 N–H and O–H groups in total. The van der Waals surface area contributed by atoms with E-state index in [1.54, 1.807) is 0 Å². The maximum atomic E-state index is 12.0. The average Bonchev–Trinajstić information content (AvgIpc) is 3.17. The molecule has 1 aromatic carbocycles. The van der Waals surface area contributed by atoms with E-state index in [1.165, 1.54) is 5.56 Å². The third-order valence-electron chi connectivity index (χ3n) is 3.71. The highest BCUT2D eigenvalue weighted by molar-refractivity contribution is 5.82. The molecule has 3 rings (SSSR count). The molecule has 2 unspecified atom stereocenters. The molecule has 0 bridgehead atoms. The molecule has 0 radical (unpaired) electrons. The fourth-order valence-corrected chi connectivity index (χ4v) is 2.53. The lowest BCUT2D eigenvalue weighted by Crippen LogP contribution is -2.27. The van der Waals surface area contributed by atoms with Crippen molar-refractivity contribution >= 4 is 5.91 Å². The largest absolute Gasteiger partial charge is 0.361 e. The Morgan fingerprint density at radius 3 is 2.90 bits per heavy atom. The van der Waals surface area contributed by atoms with Crippen LogP contribution in [0.3, 0.4) is 0 Å². The van der Waals surface area contributed by atoms with Gasteiger partial charge in [-0.1, -0.05) is 35.5 Å². The third kappa shape index (κ3) is 2.90. The highest BCUT2D eigenvalue weighted by Gasteiger charge is 2.43. The molecule has 1 amide bonds. The Hall–Kier alpha value is -2.10. The van der Waals surface area contributed by atoms with Gasteiger partial charge >= 0.3 is 0 Å². The number of nitrogens with one attached hydrogen (secondary N) is 1. The summed E-state index contributed by atoms with van der Waals surface area (Å²) in [6, 6.07) is 12.1. The Bertz CT molecular complexity index is 592. The van der Waals surface area contributed by atoms with E-state index in [4.69, 9.17) is 4.52 Å². The van der Waals surface area contributed by atoms with Gasteiger partial charge < -0.3 is 9.84 Å². The number of hydrogen-bond acceptors (Lipinski definition) is 3. The molecule has 20 heavy (non-hydrogen) atoms. The van der Waals surface area contributed by atoms with Crippen LogP contribution >= 0.6 is 0 Å². The molecular formula is C16H18N2O2. The molecule has 0 aliphatic heterocycles. The Kier molecular flexibility index (Phi) is 3.54. The number of benzene rings is 1. The maximum Gasteiger partial charge on any atom is 0.223 e. The van der Waals surface area contributed by atoms with Gasteiger partial charge in [0.05, 0.1) is 5.69 Å². The molecule has 1 heterocycles. The summed E-state index contributed by atoms with van der Waals surface area (Å²) < 4.78 is 4.99. The lowest BCUT2D eigenvalue weighted by atomic mass is 10.1. The lowest BCUT2D eigenvalue weighted by Gasteiger charge is -2.03. The van der Waals surface area contributed by atoms with Crippen LogP contribution in [0.15, 0.2) is 40.9 Å². The SMILES string of the molecule is Cc1cc(CCNC(=O)C2CC2c2ccccc2)no1. The Morgan fingerprint density at radius 2 is 2.20 bits per heavy atom. The molecule has 0 saturated heterocycles. The number of nitrogens with zero attached hydrogens (tertiary/aromatic N) is 1. The van der Waals surface area contributed by atoms with Crippen LogP contribution in [0.2, 0.25) is 0 Å². The van der Waals surface area contributed by atoms with Gasteiger partial charge in [-0.3, -0.25) is 4.79 Å². The standard InChI is InChI=1S/C16H18N2O2/c1-11-9-13(18-20-11)7-8-17-16(19)15-10-14(15)12-5-3-2-4-6-12/h2-6,9,14-15H,7-8,10H2,1H3,(H,17,19). The van der Waals surface area contributed by atoms with Crippen molar-refractivity contribution in [3.8, 4) is 0 Å². The molecule has 1 aromatic heterocycles. The Labute approximate surface area is 118 Å².